The summed E-state index contributed by atoms with van der Waals surface area (Å²) in [5.41, 5.74) is 3.03. The number of benzene rings is 1. The summed E-state index contributed by atoms with van der Waals surface area (Å²) in [6.07, 6.45) is 0. The number of hydrogen-bond donors (Lipinski definition) is 1. The molecule has 108 valence electrons. The van der Waals surface area contributed by atoms with Crippen molar-refractivity contribution in [1.29, 1.82) is 0 Å². The van der Waals surface area contributed by atoms with Crippen molar-refractivity contribution in [2.45, 2.75) is 27.3 Å². The van der Waals surface area contributed by atoms with Gasteiger partial charge in [-0.05, 0) is 32.5 Å². The van der Waals surface area contributed by atoms with Gasteiger partial charge in [0.1, 0.15) is 11.6 Å². The van der Waals surface area contributed by atoms with Crippen LogP contribution in [-0.4, -0.2) is 26.3 Å². The molecule has 0 fully saturated rings. The van der Waals surface area contributed by atoms with Gasteiger partial charge >= 0.3 is 0 Å². The second-order valence-corrected chi connectivity index (χ2v) is 5.05. The molecule has 2 heterocycles. The van der Waals surface area contributed by atoms with Gasteiger partial charge in [-0.25, -0.2) is 9.67 Å². The Kier molecular flexibility index (Phi) is 3.66. The molecule has 0 aliphatic heterocycles. The van der Waals surface area contributed by atoms with Crippen molar-refractivity contribution in [3.05, 3.63) is 47.7 Å². The Morgan fingerprint density at radius 1 is 1.14 bits per heavy atom. The van der Waals surface area contributed by atoms with Crippen LogP contribution in [0.25, 0.3) is 16.6 Å². The van der Waals surface area contributed by atoms with Gasteiger partial charge in [0, 0.05) is 11.9 Å². The molecule has 5 heteroatoms. The highest BCUT2D eigenvalue weighted by Gasteiger charge is 2.11. The zero-order chi connectivity index (χ0) is 14.8. The fourth-order valence-corrected chi connectivity index (χ4v) is 2.48. The molecule has 1 N–H and O–H groups in total. The Labute approximate surface area is 124 Å². The van der Waals surface area contributed by atoms with Gasteiger partial charge in [0.25, 0.3) is 0 Å². The number of nitrogens with zero attached hydrogens (tertiary/aromatic N) is 4. The summed E-state index contributed by atoms with van der Waals surface area (Å²) in [5, 5.41) is 8.92. The van der Waals surface area contributed by atoms with E-state index in [1.807, 2.05) is 36.7 Å². The van der Waals surface area contributed by atoms with Crippen molar-refractivity contribution in [2.75, 3.05) is 6.54 Å². The minimum absolute atomic E-state index is 0.751. The smallest absolute Gasteiger partial charge is 0.148 e. The van der Waals surface area contributed by atoms with Crippen molar-refractivity contribution >= 4 is 10.9 Å². The molecular formula is C16H19N5. The quantitative estimate of drug-likeness (QED) is 0.798. The van der Waals surface area contributed by atoms with Crippen LogP contribution >= 0.6 is 0 Å². The summed E-state index contributed by atoms with van der Waals surface area (Å²) < 4.78 is 1.90. The van der Waals surface area contributed by atoms with E-state index < -0.39 is 0 Å². The lowest BCUT2D eigenvalue weighted by atomic mass is 10.1. The zero-order valence-corrected chi connectivity index (χ0v) is 12.6. The number of rotatable bonds is 4. The van der Waals surface area contributed by atoms with E-state index >= 15 is 0 Å². The summed E-state index contributed by atoms with van der Waals surface area (Å²) >= 11 is 0. The number of nitrogens with one attached hydrogen (secondary N) is 1. The number of hydrogen-bond acceptors (Lipinski definition) is 4. The average molecular weight is 281 g/mol. The molecule has 0 atom stereocenters. The molecular weight excluding hydrogens is 262 g/mol. The summed E-state index contributed by atoms with van der Waals surface area (Å²) in [7, 11) is 0. The predicted octanol–water partition coefficient (Wildman–Crippen LogP) is 2.54. The normalized spacial score (nSPS) is 11.2. The van der Waals surface area contributed by atoms with Crippen molar-refractivity contribution in [3.8, 4) is 5.69 Å². The van der Waals surface area contributed by atoms with Crippen LogP contribution in [0.5, 0.6) is 0 Å². The van der Waals surface area contributed by atoms with E-state index in [4.69, 9.17) is 4.98 Å². The SMILES string of the molecule is CCNCc1cc(-n2nc(C)nc2C)c2ccccc2n1. The van der Waals surface area contributed by atoms with Crippen molar-refractivity contribution in [3.63, 3.8) is 0 Å². The molecule has 1 aromatic carbocycles. The molecule has 0 saturated heterocycles. The fraction of sp³-hybridized carbons (Fsp3) is 0.312. The maximum atomic E-state index is 4.71. The highest BCUT2D eigenvalue weighted by Crippen LogP contribution is 2.22. The first-order valence-electron chi connectivity index (χ1n) is 7.19. The van der Waals surface area contributed by atoms with Gasteiger partial charge in [-0.1, -0.05) is 25.1 Å². The largest absolute Gasteiger partial charge is 0.311 e. The van der Waals surface area contributed by atoms with Gasteiger partial charge in [-0.3, -0.25) is 4.98 Å². The highest BCUT2D eigenvalue weighted by atomic mass is 15.3. The summed E-state index contributed by atoms with van der Waals surface area (Å²) in [4.78, 5) is 9.11. The maximum absolute atomic E-state index is 4.71. The molecule has 21 heavy (non-hydrogen) atoms. The molecule has 3 aromatic rings. The van der Waals surface area contributed by atoms with E-state index in [0.717, 1.165) is 47.0 Å². The average Bonchev–Trinajstić information content (AvgIpc) is 2.82. The van der Waals surface area contributed by atoms with E-state index in [9.17, 15) is 0 Å². The van der Waals surface area contributed by atoms with Gasteiger partial charge in [-0.2, -0.15) is 5.10 Å². The van der Waals surface area contributed by atoms with Crippen LogP contribution in [-0.2, 0) is 6.54 Å². The standard InChI is InChI=1S/C16H19N5/c1-4-17-10-13-9-16(21-12(3)18-11(2)20-21)14-7-5-6-8-15(14)19-13/h5-9,17H,4,10H2,1-3H3. The summed E-state index contributed by atoms with van der Waals surface area (Å²) in [6.45, 7) is 7.64. The van der Waals surface area contributed by atoms with Gasteiger partial charge in [0.2, 0.25) is 0 Å². The first-order chi connectivity index (χ1) is 10.2. The number of aromatic nitrogens is 4. The van der Waals surface area contributed by atoms with Crippen molar-refractivity contribution in [2.24, 2.45) is 0 Å². The monoisotopic (exact) mass is 281 g/mol. The van der Waals surface area contributed by atoms with Crippen molar-refractivity contribution < 1.29 is 0 Å². The number of fused-ring (bicyclic) bond motifs is 1. The Bertz CT molecular complexity index is 775. The molecule has 2 aromatic heterocycles. The third-order valence-electron chi connectivity index (χ3n) is 3.41. The second-order valence-electron chi connectivity index (χ2n) is 5.05. The topological polar surface area (TPSA) is 55.6 Å². The van der Waals surface area contributed by atoms with E-state index in [-0.39, 0.29) is 0 Å². The number of pyridine rings is 1. The Hall–Kier alpha value is -2.27. The van der Waals surface area contributed by atoms with Crippen LogP contribution in [0.15, 0.2) is 30.3 Å². The minimum atomic E-state index is 0.751. The lowest BCUT2D eigenvalue weighted by Gasteiger charge is -2.10. The molecule has 0 radical (unpaired) electrons. The highest BCUT2D eigenvalue weighted by molar-refractivity contribution is 5.87. The summed E-state index contributed by atoms with van der Waals surface area (Å²) in [5.74, 6) is 1.67. The van der Waals surface area contributed by atoms with E-state index in [1.165, 1.54) is 0 Å². The second kappa shape index (κ2) is 5.61. The predicted molar refractivity (Wildman–Crippen MR) is 83.5 cm³/mol. The number of para-hydroxylation sites is 1. The molecule has 0 aliphatic carbocycles. The van der Waals surface area contributed by atoms with Crippen LogP contribution in [0.3, 0.4) is 0 Å². The zero-order valence-electron chi connectivity index (χ0n) is 12.6. The van der Waals surface area contributed by atoms with Gasteiger partial charge < -0.3 is 5.32 Å². The van der Waals surface area contributed by atoms with E-state index in [0.29, 0.717) is 0 Å². The van der Waals surface area contributed by atoms with Gasteiger partial charge in [-0.15, -0.1) is 0 Å². The molecule has 3 rings (SSSR count). The van der Waals surface area contributed by atoms with E-state index in [2.05, 4.69) is 34.5 Å². The Morgan fingerprint density at radius 2 is 1.95 bits per heavy atom. The molecule has 0 saturated carbocycles. The molecule has 5 nitrogen and oxygen atoms in total. The maximum Gasteiger partial charge on any atom is 0.148 e. The molecule has 0 amide bonds. The van der Waals surface area contributed by atoms with Gasteiger partial charge in [0.05, 0.1) is 16.9 Å². The lowest BCUT2D eigenvalue weighted by molar-refractivity contribution is 0.711. The molecule has 0 unspecified atom stereocenters. The Balaban J connectivity index is 2.21. The lowest BCUT2D eigenvalue weighted by Crippen LogP contribution is -2.14. The van der Waals surface area contributed by atoms with Crippen LogP contribution < -0.4 is 5.32 Å². The third kappa shape index (κ3) is 2.64. The van der Waals surface area contributed by atoms with Crippen LogP contribution in [0.2, 0.25) is 0 Å². The van der Waals surface area contributed by atoms with E-state index in [1.54, 1.807) is 0 Å². The van der Waals surface area contributed by atoms with Crippen molar-refractivity contribution in [1.82, 2.24) is 25.1 Å². The van der Waals surface area contributed by atoms with Crippen LogP contribution in [0.1, 0.15) is 24.3 Å². The van der Waals surface area contributed by atoms with Crippen LogP contribution in [0, 0.1) is 13.8 Å². The molecule has 0 spiro atoms. The minimum Gasteiger partial charge on any atom is -0.311 e. The first kappa shape index (κ1) is 13.7. The fourth-order valence-electron chi connectivity index (χ4n) is 2.48. The first-order valence-corrected chi connectivity index (χ1v) is 7.19. The number of aryl methyl sites for hydroxylation is 2. The molecule has 0 aliphatic rings. The third-order valence-corrected chi connectivity index (χ3v) is 3.41. The molecule has 0 bridgehead atoms. The van der Waals surface area contributed by atoms with Crippen LogP contribution in [0.4, 0.5) is 0 Å². The van der Waals surface area contributed by atoms with Gasteiger partial charge in [0.15, 0.2) is 0 Å². The summed E-state index contributed by atoms with van der Waals surface area (Å²) in [6, 6.07) is 10.2. The Morgan fingerprint density at radius 3 is 2.67 bits per heavy atom.